The highest BCUT2D eigenvalue weighted by Gasteiger charge is 2.26. The number of imidazole rings is 4. The lowest BCUT2D eigenvalue weighted by Gasteiger charge is -2.15. The number of hydrogen-bond acceptors (Lipinski definition) is 19. The Kier molecular flexibility index (Phi) is 25.2. The molecule has 0 spiro atoms. The van der Waals surface area contributed by atoms with Gasteiger partial charge in [-0.1, -0.05) is 291 Å². The van der Waals surface area contributed by atoms with Crippen LogP contribution in [0.3, 0.4) is 0 Å². The average molecular weight is 1910 g/mol. The molecule has 30 heteroatoms. The zero-order chi connectivity index (χ0) is 99.2. The number of nitrogens with zero attached hydrogens (tertiary/aromatic N) is 23. The predicted octanol–water partition coefficient (Wildman–Crippen LogP) is 20.3. The monoisotopic (exact) mass is 1900 g/mol. The van der Waals surface area contributed by atoms with Crippen molar-refractivity contribution in [2.45, 2.75) is 118 Å². The van der Waals surface area contributed by atoms with Crippen molar-refractivity contribution in [3.63, 3.8) is 0 Å². The maximum Gasteiger partial charge on any atom is 0.330 e. The van der Waals surface area contributed by atoms with Crippen LogP contribution < -0.4 is 22.8 Å². The molecule has 1 aliphatic heterocycles. The number of fused-ring (bicyclic) bond motifs is 8. The Morgan fingerprint density at radius 3 is 1.11 bits per heavy atom. The molecule has 0 saturated heterocycles. The van der Waals surface area contributed by atoms with Crippen molar-refractivity contribution >= 4 is 72.2 Å². The summed E-state index contributed by atoms with van der Waals surface area (Å²) in [6, 6.07) is 83.6. The second-order valence-electron chi connectivity index (χ2n) is 37.5. The molecule has 23 aromatic rings. The Bertz CT molecular complexity index is 8400. The van der Waals surface area contributed by atoms with Crippen molar-refractivity contribution in [3.8, 4) is 90.2 Å². The Balaban J connectivity index is 0.000000113. The largest absolute Gasteiger partial charge is 0.373 e. The number of benzene rings is 10. The van der Waals surface area contributed by atoms with Gasteiger partial charge in [0.2, 0.25) is 0 Å². The topological polar surface area (TPSA) is 323 Å². The Hall–Kier alpha value is -17.7. The van der Waals surface area contributed by atoms with Crippen LogP contribution in [0.15, 0.2) is 322 Å². The molecular weight excluding hydrogens is 1800 g/mol. The highest BCUT2D eigenvalue weighted by molar-refractivity contribution is 5.94. The first kappa shape index (κ1) is 92.7. The van der Waals surface area contributed by atoms with E-state index in [1.165, 1.54) is 22.3 Å². The van der Waals surface area contributed by atoms with Gasteiger partial charge >= 0.3 is 22.8 Å². The van der Waals surface area contributed by atoms with Gasteiger partial charge in [0.1, 0.15) is 28.4 Å². The van der Waals surface area contributed by atoms with Gasteiger partial charge in [0.25, 0.3) is 0 Å². The van der Waals surface area contributed by atoms with E-state index in [1.54, 1.807) is 102 Å². The molecule has 10 aromatic carbocycles. The second-order valence-corrected chi connectivity index (χ2v) is 37.5. The van der Waals surface area contributed by atoms with E-state index >= 15 is 0 Å². The number of nitrogens with one attached hydrogen (secondary N) is 1. The molecule has 0 atom stereocenters. The molecule has 716 valence electrons. The maximum atomic E-state index is 13.2. The molecule has 144 heavy (non-hydrogen) atoms. The Morgan fingerprint density at radius 1 is 0.340 bits per heavy atom. The van der Waals surface area contributed by atoms with E-state index in [-0.39, 0.29) is 22.8 Å². The summed E-state index contributed by atoms with van der Waals surface area (Å²) in [5.74, 6) is 3.86. The molecule has 30 nitrogen and oxygen atoms in total. The van der Waals surface area contributed by atoms with E-state index in [0.29, 0.717) is 131 Å². The number of aromatic amines is 1. The quantitative estimate of drug-likeness (QED) is 0.0741. The molecule has 0 fully saturated rings. The molecule has 14 heterocycles. The number of hydrogen-bond donors (Lipinski definition) is 1. The van der Waals surface area contributed by atoms with Gasteiger partial charge in [-0.15, -0.1) is 0 Å². The van der Waals surface area contributed by atoms with Crippen molar-refractivity contribution in [1.82, 2.24) is 116 Å². The normalized spacial score (nSPS) is 12.1. The third-order valence-corrected chi connectivity index (χ3v) is 27.0. The van der Waals surface area contributed by atoms with Crippen molar-refractivity contribution in [3.05, 3.63) is 391 Å². The molecule has 13 aromatic heterocycles. The first-order valence-corrected chi connectivity index (χ1v) is 48.1. The van der Waals surface area contributed by atoms with E-state index in [2.05, 4.69) is 185 Å². The van der Waals surface area contributed by atoms with Crippen LogP contribution in [0.4, 0.5) is 0 Å². The van der Waals surface area contributed by atoms with Crippen molar-refractivity contribution in [2.24, 2.45) is 28.2 Å². The third-order valence-electron chi connectivity index (χ3n) is 27.0. The Morgan fingerprint density at radius 2 is 0.701 bits per heavy atom. The molecule has 0 unspecified atom stereocenters. The van der Waals surface area contributed by atoms with E-state index in [1.807, 2.05) is 191 Å². The fourth-order valence-corrected chi connectivity index (χ4v) is 19.2. The third kappa shape index (κ3) is 17.8. The van der Waals surface area contributed by atoms with Gasteiger partial charge in [0.05, 0.1) is 106 Å². The number of rotatable bonds is 20. The van der Waals surface area contributed by atoms with Gasteiger partial charge in [-0.25, -0.2) is 68.5 Å². The summed E-state index contributed by atoms with van der Waals surface area (Å²) in [5.41, 5.74) is 29.7. The van der Waals surface area contributed by atoms with Gasteiger partial charge in [0.15, 0.2) is 57.1 Å². The molecule has 0 aliphatic carbocycles. The van der Waals surface area contributed by atoms with E-state index in [0.717, 1.165) is 129 Å². The van der Waals surface area contributed by atoms with Crippen molar-refractivity contribution < 1.29 is 9.26 Å². The minimum absolute atomic E-state index is 0.111. The maximum absolute atomic E-state index is 13.2. The van der Waals surface area contributed by atoms with E-state index < -0.39 is 0 Å². The summed E-state index contributed by atoms with van der Waals surface area (Å²) in [4.78, 5) is 94.9. The lowest BCUT2D eigenvalue weighted by Crippen LogP contribution is -2.22. The summed E-state index contributed by atoms with van der Waals surface area (Å²) >= 11 is 0. The number of ether oxygens (including phenoxy) is 1. The highest BCUT2D eigenvalue weighted by atomic mass is 16.5. The number of para-hydroxylation sites is 2. The lowest BCUT2D eigenvalue weighted by atomic mass is 9.97. The first-order chi connectivity index (χ1) is 70.0. The number of aryl methyl sites for hydroxylation is 4. The van der Waals surface area contributed by atoms with Gasteiger partial charge in [-0.05, 0) is 103 Å². The summed E-state index contributed by atoms with van der Waals surface area (Å²) in [5, 5.41) is 22.0. The predicted molar refractivity (Wildman–Crippen MR) is 562 cm³/mol. The SMILES string of the molecule is CC(C)c1ccccc1-c1ncc2c(n1)n(Cc1ccc(-c3cccc4cn[nH]c34)cc1)c(=O)n2C.CC(C)c1ccccc1-c1ncc2c(n1)n(Cc1ccc(-c3cccc4cnoc34)cc1)c(=O)n2C.CC(C)c1ccccc1-c1ncc2c(n1)n(Cc1ccc(-c3cccc4ncnn34)cc1)c(=O)n2C.CC(C)c1ccccc1-c1ncc2c(n1)n(Cc1ccc(-c3cnn4c3COCC4)cc1)c(=O)n2C. The molecule has 1 N–H and O–H groups in total. The van der Waals surface area contributed by atoms with Gasteiger partial charge in [0, 0.05) is 83.5 Å². The van der Waals surface area contributed by atoms with Crippen LogP contribution in [0.1, 0.15) is 129 Å². The fraction of sp³-hybridized carbons (Fsp3) is 0.202. The summed E-state index contributed by atoms with van der Waals surface area (Å²) in [6.45, 7) is 21.0. The van der Waals surface area contributed by atoms with E-state index in [4.69, 9.17) is 29.2 Å². The summed E-state index contributed by atoms with van der Waals surface area (Å²) in [7, 11) is 7.04. The molecule has 0 radical (unpaired) electrons. The highest BCUT2D eigenvalue weighted by Crippen LogP contribution is 2.37. The van der Waals surface area contributed by atoms with Crippen LogP contribution in [0, 0.1) is 0 Å². The average Bonchev–Trinajstić information content (AvgIpc) is 1.62. The van der Waals surface area contributed by atoms with Gasteiger partial charge < -0.3 is 9.26 Å². The number of pyridine rings is 1. The van der Waals surface area contributed by atoms with Gasteiger partial charge in [-0.2, -0.15) is 15.3 Å². The zero-order valence-electron chi connectivity index (χ0n) is 81.8. The number of H-pyrrole nitrogens is 1. The van der Waals surface area contributed by atoms with E-state index in [9.17, 15) is 19.2 Å². The molecule has 24 rings (SSSR count). The van der Waals surface area contributed by atoms with Crippen LogP contribution in [0.5, 0.6) is 0 Å². The van der Waals surface area contributed by atoms with Crippen LogP contribution in [0.25, 0.3) is 162 Å². The van der Waals surface area contributed by atoms with Crippen LogP contribution in [-0.4, -0.2) is 123 Å². The van der Waals surface area contributed by atoms with Crippen LogP contribution >= 0.6 is 0 Å². The lowest BCUT2D eigenvalue weighted by molar-refractivity contribution is 0.0804. The van der Waals surface area contributed by atoms with Crippen LogP contribution in [0.2, 0.25) is 0 Å². The zero-order valence-corrected chi connectivity index (χ0v) is 81.8. The number of aromatic nitrogens is 24. The minimum atomic E-state index is -0.121. The standard InChI is InChI=1S/C29H26N6O.C29H25N5O2.C28H25N7O.C28H28N6O2/c1-18(2)22-8-4-5-9-24(22)27-30-16-25-28(32-27)35(29(36)34(25)3)17-19-11-13-20(14-12-19)23-10-6-7-21-15-31-33-26(21)23;1-18(2)22-8-4-5-9-24(22)27-30-16-25-28(32-27)34(29(35)33(25)3)17-19-11-13-20(14-12-19)23-10-6-7-21-15-31-36-26(21)23;1-18(2)21-7-4-5-8-22(21)26-29-15-24-27(32-26)34(28(36)33(24)3)16-19-11-13-20(14-12-19)23-9-6-10-25-30-17-31-35(23)25;1-18(2)21-6-4-5-7-22(21)26-29-15-24-27(31-26)33(28(35)32(24)3)16-19-8-10-20(11-9-19)23-14-30-34-12-13-36-17-25(23)34/h4-16,18H,17H2,1-3H3,(H,31,33);4-16,18H,17H2,1-3H3;4-15,17-18H,16H2,1-3H3;4-11,14-15,18H,12-13,16-17H2,1-3H3. The van der Waals surface area contributed by atoms with Crippen LogP contribution in [-0.2, 0) is 72.3 Å². The molecule has 0 saturated carbocycles. The minimum Gasteiger partial charge on any atom is -0.373 e. The molecular formula is C114H104N24O6. The first-order valence-electron chi connectivity index (χ1n) is 48.1. The fourth-order valence-electron chi connectivity index (χ4n) is 19.2. The smallest absolute Gasteiger partial charge is 0.330 e. The summed E-state index contributed by atoms with van der Waals surface area (Å²) in [6.07, 6.45) is 14.0. The molecule has 0 bridgehead atoms. The second kappa shape index (κ2) is 39.2. The Labute approximate surface area is 826 Å². The van der Waals surface area contributed by atoms with Crippen molar-refractivity contribution in [1.29, 1.82) is 0 Å². The molecule has 1 aliphatic rings. The van der Waals surface area contributed by atoms with Crippen molar-refractivity contribution in [2.75, 3.05) is 6.61 Å². The summed E-state index contributed by atoms with van der Waals surface area (Å²) < 4.78 is 28.2. The van der Waals surface area contributed by atoms with Gasteiger partial charge in [-0.3, -0.25) is 46.3 Å². The molecule has 0 amide bonds.